The Morgan fingerprint density at radius 1 is 0.909 bits per heavy atom. The maximum atomic E-state index is 5.53. The molecule has 0 radical (unpaired) electrons. The maximum Gasteiger partial charge on any atom is 0.0829 e. The van der Waals surface area contributed by atoms with Crippen molar-refractivity contribution >= 4 is 8.07 Å². The van der Waals surface area contributed by atoms with Crippen LogP contribution in [-0.2, 0) is 4.74 Å². The van der Waals surface area contributed by atoms with Crippen LogP contribution in [0.1, 0.15) is 27.7 Å². The van der Waals surface area contributed by atoms with Crippen molar-refractivity contribution in [3.63, 3.8) is 0 Å². The molecule has 0 aromatic rings. The van der Waals surface area contributed by atoms with Gasteiger partial charge >= 0.3 is 0 Å². The fraction of sp³-hybridized carbons (Fsp3) is 1.00. The summed E-state index contributed by atoms with van der Waals surface area (Å²) >= 11 is 0. The number of hydrogen-bond acceptors (Lipinski definition) is 1. The van der Waals surface area contributed by atoms with E-state index in [2.05, 4.69) is 27.7 Å². The standard InChI is InChI=1S/C9H22OSi/c1-5-10-9-11(6-2,7-3)8-4/h5-9H2,1-4H3. The van der Waals surface area contributed by atoms with Crippen LogP contribution in [0.25, 0.3) is 0 Å². The summed E-state index contributed by atoms with van der Waals surface area (Å²) < 4.78 is 5.53. The van der Waals surface area contributed by atoms with Gasteiger partial charge in [-0.2, -0.15) is 0 Å². The molecule has 0 atom stereocenters. The lowest BCUT2D eigenvalue weighted by atomic mass is 10.9. The molecule has 0 bridgehead atoms. The molecule has 0 rings (SSSR count). The Morgan fingerprint density at radius 3 is 1.64 bits per heavy atom. The Labute approximate surface area is 72.2 Å². The Hall–Kier alpha value is 0.177. The van der Waals surface area contributed by atoms with Crippen LogP contribution in [0.2, 0.25) is 18.1 Å². The highest BCUT2D eigenvalue weighted by Crippen LogP contribution is 2.19. The summed E-state index contributed by atoms with van der Waals surface area (Å²) in [6.07, 6.45) is 1.08. The molecule has 0 aliphatic carbocycles. The second-order valence-corrected chi connectivity index (χ2v) is 8.61. The van der Waals surface area contributed by atoms with E-state index in [9.17, 15) is 0 Å². The highest BCUT2D eigenvalue weighted by Gasteiger charge is 2.26. The first-order chi connectivity index (χ1) is 5.24. The minimum atomic E-state index is -0.961. The maximum absolute atomic E-state index is 5.53. The van der Waals surface area contributed by atoms with Gasteiger partial charge in [-0.1, -0.05) is 38.9 Å². The van der Waals surface area contributed by atoms with Crippen LogP contribution in [0.4, 0.5) is 0 Å². The SMILES string of the molecule is CCOC[Si](CC)(CC)CC. The summed E-state index contributed by atoms with van der Waals surface area (Å²) in [6.45, 7) is 9.92. The van der Waals surface area contributed by atoms with E-state index < -0.39 is 8.07 Å². The second-order valence-electron chi connectivity index (χ2n) is 3.20. The van der Waals surface area contributed by atoms with Crippen LogP contribution in [0, 0.1) is 0 Å². The van der Waals surface area contributed by atoms with Crippen LogP contribution < -0.4 is 0 Å². The average molecular weight is 174 g/mol. The van der Waals surface area contributed by atoms with Gasteiger partial charge in [0.1, 0.15) is 0 Å². The fourth-order valence-electron chi connectivity index (χ4n) is 1.37. The minimum absolute atomic E-state index is 0.884. The fourth-order valence-corrected chi connectivity index (χ4v) is 4.12. The summed E-state index contributed by atoms with van der Waals surface area (Å²) in [5.41, 5.74) is 0. The highest BCUT2D eigenvalue weighted by atomic mass is 28.3. The molecule has 0 aromatic heterocycles. The number of rotatable bonds is 6. The summed E-state index contributed by atoms with van der Waals surface area (Å²) in [5.74, 6) is 0. The summed E-state index contributed by atoms with van der Waals surface area (Å²) in [6, 6.07) is 4.12. The first kappa shape index (κ1) is 11.2. The third-order valence-electron chi connectivity index (χ3n) is 2.86. The number of hydrogen-bond donors (Lipinski definition) is 0. The van der Waals surface area contributed by atoms with Crippen molar-refractivity contribution < 1.29 is 4.74 Å². The first-order valence-electron chi connectivity index (χ1n) is 4.82. The van der Waals surface area contributed by atoms with E-state index in [1.807, 2.05) is 0 Å². The van der Waals surface area contributed by atoms with Crippen molar-refractivity contribution in [2.45, 2.75) is 45.8 Å². The van der Waals surface area contributed by atoms with E-state index in [1.165, 1.54) is 18.1 Å². The lowest BCUT2D eigenvalue weighted by Crippen LogP contribution is -2.37. The van der Waals surface area contributed by atoms with Crippen molar-refractivity contribution in [2.75, 3.05) is 12.8 Å². The van der Waals surface area contributed by atoms with Gasteiger partial charge in [-0.3, -0.25) is 0 Å². The zero-order valence-corrected chi connectivity index (χ0v) is 9.44. The van der Waals surface area contributed by atoms with Gasteiger partial charge in [0.25, 0.3) is 0 Å². The van der Waals surface area contributed by atoms with Crippen molar-refractivity contribution in [1.29, 1.82) is 0 Å². The Balaban J connectivity index is 3.84. The molecule has 0 N–H and O–H groups in total. The van der Waals surface area contributed by atoms with E-state index in [1.54, 1.807) is 0 Å². The van der Waals surface area contributed by atoms with Crippen LogP contribution in [0.3, 0.4) is 0 Å². The summed E-state index contributed by atoms with van der Waals surface area (Å²) in [7, 11) is -0.961. The second kappa shape index (κ2) is 5.78. The lowest BCUT2D eigenvalue weighted by Gasteiger charge is -2.27. The van der Waals surface area contributed by atoms with Gasteiger partial charge in [-0.05, 0) is 6.92 Å². The molecule has 11 heavy (non-hydrogen) atoms. The van der Waals surface area contributed by atoms with Gasteiger partial charge in [0.15, 0.2) is 0 Å². The molecule has 0 heterocycles. The van der Waals surface area contributed by atoms with Crippen LogP contribution in [0.15, 0.2) is 0 Å². The predicted octanol–water partition coefficient (Wildman–Crippen LogP) is 3.07. The molecule has 0 aromatic carbocycles. The Bertz CT molecular complexity index is 81.3. The largest absolute Gasteiger partial charge is 0.385 e. The van der Waals surface area contributed by atoms with Gasteiger partial charge in [-0.15, -0.1) is 0 Å². The lowest BCUT2D eigenvalue weighted by molar-refractivity contribution is 0.187. The molecule has 1 nitrogen and oxygen atoms in total. The molecular formula is C9H22OSi. The summed E-state index contributed by atoms with van der Waals surface area (Å²) in [4.78, 5) is 0. The molecule has 0 spiro atoms. The molecule has 0 saturated carbocycles. The van der Waals surface area contributed by atoms with Gasteiger partial charge in [-0.25, -0.2) is 0 Å². The van der Waals surface area contributed by atoms with Gasteiger partial charge in [0, 0.05) is 12.8 Å². The molecule has 0 amide bonds. The monoisotopic (exact) mass is 174 g/mol. The van der Waals surface area contributed by atoms with Gasteiger partial charge in [0.2, 0.25) is 0 Å². The Morgan fingerprint density at radius 2 is 1.36 bits per heavy atom. The van der Waals surface area contributed by atoms with E-state index in [0.717, 1.165) is 12.8 Å². The molecule has 0 unspecified atom stereocenters. The van der Waals surface area contributed by atoms with Crippen LogP contribution >= 0.6 is 0 Å². The molecule has 2 heteroatoms. The van der Waals surface area contributed by atoms with Crippen molar-refractivity contribution in [1.82, 2.24) is 0 Å². The Kier molecular flexibility index (Phi) is 5.87. The van der Waals surface area contributed by atoms with E-state index in [-0.39, 0.29) is 0 Å². The third kappa shape index (κ3) is 3.39. The molecule has 0 aliphatic heterocycles. The smallest absolute Gasteiger partial charge is 0.0829 e. The van der Waals surface area contributed by atoms with Crippen molar-refractivity contribution in [3.05, 3.63) is 0 Å². The van der Waals surface area contributed by atoms with Gasteiger partial charge in [0.05, 0.1) is 8.07 Å². The van der Waals surface area contributed by atoms with Gasteiger partial charge < -0.3 is 4.74 Å². The summed E-state index contributed by atoms with van der Waals surface area (Å²) in [5, 5.41) is 0. The van der Waals surface area contributed by atoms with Crippen molar-refractivity contribution in [3.8, 4) is 0 Å². The normalized spacial score (nSPS) is 12.0. The van der Waals surface area contributed by atoms with E-state index in [4.69, 9.17) is 4.74 Å². The third-order valence-corrected chi connectivity index (χ3v) is 8.18. The average Bonchev–Trinajstić information content (AvgIpc) is 2.08. The quantitative estimate of drug-likeness (QED) is 0.562. The van der Waals surface area contributed by atoms with Crippen LogP contribution in [-0.4, -0.2) is 20.9 Å². The molecule has 0 fully saturated rings. The molecular weight excluding hydrogens is 152 g/mol. The topological polar surface area (TPSA) is 9.23 Å². The highest BCUT2D eigenvalue weighted by molar-refractivity contribution is 6.79. The zero-order chi connectivity index (χ0) is 8.74. The van der Waals surface area contributed by atoms with Crippen molar-refractivity contribution in [2.24, 2.45) is 0 Å². The molecule has 0 aliphatic rings. The van der Waals surface area contributed by atoms with Crippen LogP contribution in [0.5, 0.6) is 0 Å². The first-order valence-corrected chi connectivity index (χ1v) is 7.65. The molecule has 68 valence electrons. The van der Waals surface area contributed by atoms with E-state index in [0.29, 0.717) is 0 Å². The van der Waals surface area contributed by atoms with E-state index >= 15 is 0 Å². The zero-order valence-electron chi connectivity index (χ0n) is 8.44. The predicted molar refractivity (Wildman–Crippen MR) is 53.7 cm³/mol. The number of ether oxygens (including phenoxy) is 1. The minimum Gasteiger partial charge on any atom is -0.385 e. The molecule has 0 saturated heterocycles.